The molecule has 120 valence electrons. The number of hydrogen-bond donors (Lipinski definition) is 0. The van der Waals surface area contributed by atoms with E-state index in [0.29, 0.717) is 6.07 Å². The van der Waals surface area contributed by atoms with Crippen LogP contribution in [0.25, 0.3) is 0 Å². The Morgan fingerprint density at radius 2 is 1.29 bits per heavy atom. The fraction of sp³-hybridized carbons (Fsp3) is 0.538. The van der Waals surface area contributed by atoms with Crippen molar-refractivity contribution >= 4 is 8.80 Å². The van der Waals surface area contributed by atoms with Gasteiger partial charge in [-0.1, -0.05) is 0 Å². The standard InChI is InChI=1S/C13H18F4O3Si/c1-4-18-21(19-5-2,20-6-3)8-9-7-10(14)12(16)13(17)11(9)15/h7H,4-6,8H2,1-3H3. The first-order valence-electron chi connectivity index (χ1n) is 6.64. The zero-order valence-corrected chi connectivity index (χ0v) is 13.1. The van der Waals surface area contributed by atoms with Gasteiger partial charge in [-0.25, -0.2) is 17.6 Å². The molecule has 21 heavy (non-hydrogen) atoms. The minimum atomic E-state index is -3.33. The molecule has 0 spiro atoms. The van der Waals surface area contributed by atoms with E-state index in [-0.39, 0.29) is 31.4 Å². The second-order valence-corrected chi connectivity index (χ2v) is 6.70. The molecule has 0 bridgehead atoms. The Hall–Kier alpha value is -0.963. The molecule has 0 fully saturated rings. The zero-order valence-electron chi connectivity index (χ0n) is 12.1. The third-order valence-electron chi connectivity index (χ3n) is 2.68. The zero-order chi connectivity index (χ0) is 16.0. The summed E-state index contributed by atoms with van der Waals surface area (Å²) in [6.45, 7) is 5.80. The van der Waals surface area contributed by atoms with E-state index >= 15 is 0 Å². The van der Waals surface area contributed by atoms with Crippen molar-refractivity contribution in [2.24, 2.45) is 0 Å². The lowest BCUT2D eigenvalue weighted by Gasteiger charge is -2.28. The highest BCUT2D eigenvalue weighted by molar-refractivity contribution is 6.60. The molecule has 0 aliphatic rings. The van der Waals surface area contributed by atoms with Crippen LogP contribution in [0, 0.1) is 23.3 Å². The van der Waals surface area contributed by atoms with E-state index < -0.39 is 32.1 Å². The van der Waals surface area contributed by atoms with Crippen LogP contribution in [0.2, 0.25) is 0 Å². The van der Waals surface area contributed by atoms with Crippen molar-refractivity contribution in [1.29, 1.82) is 0 Å². The molecule has 0 N–H and O–H groups in total. The average Bonchev–Trinajstić information content (AvgIpc) is 2.43. The Morgan fingerprint density at radius 1 is 0.810 bits per heavy atom. The van der Waals surface area contributed by atoms with Crippen LogP contribution >= 0.6 is 0 Å². The quantitative estimate of drug-likeness (QED) is 0.317. The van der Waals surface area contributed by atoms with E-state index in [1.807, 2.05) is 0 Å². The van der Waals surface area contributed by atoms with E-state index in [0.717, 1.165) is 0 Å². The number of hydrogen-bond acceptors (Lipinski definition) is 3. The molecule has 0 radical (unpaired) electrons. The van der Waals surface area contributed by atoms with Gasteiger partial charge in [0.25, 0.3) is 0 Å². The van der Waals surface area contributed by atoms with Gasteiger partial charge in [0.1, 0.15) is 0 Å². The molecule has 1 aromatic rings. The lowest BCUT2D eigenvalue weighted by molar-refractivity contribution is 0.0700. The normalized spacial score (nSPS) is 12.0. The predicted octanol–water partition coefficient (Wildman–Crippen LogP) is 3.37. The van der Waals surface area contributed by atoms with Crippen molar-refractivity contribution < 1.29 is 30.8 Å². The maximum atomic E-state index is 13.8. The molecule has 0 aromatic heterocycles. The number of halogens is 4. The Bertz CT molecular complexity index is 468. The highest BCUT2D eigenvalue weighted by Gasteiger charge is 2.42. The topological polar surface area (TPSA) is 27.7 Å². The van der Waals surface area contributed by atoms with Crippen molar-refractivity contribution in [1.82, 2.24) is 0 Å². The summed E-state index contributed by atoms with van der Waals surface area (Å²) in [5.74, 6) is -6.61. The van der Waals surface area contributed by atoms with Crippen LogP contribution in [-0.2, 0) is 19.3 Å². The van der Waals surface area contributed by atoms with E-state index in [1.165, 1.54) is 0 Å². The Morgan fingerprint density at radius 3 is 1.71 bits per heavy atom. The molecular formula is C13H18F4O3Si. The Labute approximate surface area is 122 Å². The molecule has 0 unspecified atom stereocenters. The van der Waals surface area contributed by atoms with Gasteiger partial charge in [-0.05, 0) is 32.4 Å². The summed E-state index contributed by atoms with van der Waals surface area (Å²) in [4.78, 5) is 0. The van der Waals surface area contributed by atoms with Crippen LogP contribution in [0.4, 0.5) is 17.6 Å². The Kier molecular flexibility index (Phi) is 6.79. The van der Waals surface area contributed by atoms with E-state index in [4.69, 9.17) is 13.3 Å². The molecule has 8 heteroatoms. The molecule has 1 rings (SSSR count). The largest absolute Gasteiger partial charge is 0.505 e. The van der Waals surface area contributed by atoms with Crippen molar-refractivity contribution in [2.75, 3.05) is 19.8 Å². The maximum Gasteiger partial charge on any atom is 0.505 e. The van der Waals surface area contributed by atoms with Gasteiger partial charge < -0.3 is 13.3 Å². The molecule has 3 nitrogen and oxygen atoms in total. The van der Waals surface area contributed by atoms with Crippen LogP contribution in [0.3, 0.4) is 0 Å². The maximum absolute atomic E-state index is 13.8. The summed E-state index contributed by atoms with van der Waals surface area (Å²) >= 11 is 0. The minimum Gasteiger partial charge on any atom is -0.374 e. The highest BCUT2D eigenvalue weighted by atomic mass is 28.4. The minimum absolute atomic E-state index is 0.236. The summed E-state index contributed by atoms with van der Waals surface area (Å²) in [5, 5.41) is 0. The second-order valence-electron chi connectivity index (χ2n) is 4.12. The molecule has 0 heterocycles. The lowest BCUT2D eigenvalue weighted by Crippen LogP contribution is -2.49. The van der Waals surface area contributed by atoms with Gasteiger partial charge >= 0.3 is 8.80 Å². The molecule has 0 saturated carbocycles. The van der Waals surface area contributed by atoms with Gasteiger partial charge in [-0.2, -0.15) is 0 Å². The van der Waals surface area contributed by atoms with Crippen LogP contribution in [-0.4, -0.2) is 28.6 Å². The van der Waals surface area contributed by atoms with Crippen molar-refractivity contribution in [2.45, 2.75) is 26.8 Å². The third kappa shape index (κ3) is 4.25. The van der Waals surface area contributed by atoms with Gasteiger partial charge in [-0.15, -0.1) is 0 Å². The summed E-state index contributed by atoms with van der Waals surface area (Å²) in [6.07, 6.45) is 0. The predicted molar refractivity (Wildman–Crippen MR) is 70.6 cm³/mol. The first-order valence-corrected chi connectivity index (χ1v) is 8.57. The monoisotopic (exact) mass is 326 g/mol. The van der Waals surface area contributed by atoms with Crippen LogP contribution < -0.4 is 0 Å². The van der Waals surface area contributed by atoms with Crippen LogP contribution in [0.5, 0.6) is 0 Å². The van der Waals surface area contributed by atoms with Crippen LogP contribution in [0.15, 0.2) is 6.07 Å². The fourth-order valence-corrected chi connectivity index (χ4v) is 4.52. The molecular weight excluding hydrogens is 308 g/mol. The molecule has 0 atom stereocenters. The van der Waals surface area contributed by atoms with Gasteiger partial charge in [0.2, 0.25) is 0 Å². The smallest absolute Gasteiger partial charge is 0.374 e. The number of rotatable bonds is 8. The molecule has 0 aliphatic carbocycles. The summed E-state index contributed by atoms with van der Waals surface area (Å²) < 4.78 is 69.7. The van der Waals surface area contributed by atoms with E-state index in [9.17, 15) is 17.6 Å². The average molecular weight is 326 g/mol. The van der Waals surface area contributed by atoms with Crippen molar-refractivity contribution in [3.63, 3.8) is 0 Å². The van der Waals surface area contributed by atoms with Gasteiger partial charge in [0.05, 0.1) is 0 Å². The second kappa shape index (κ2) is 7.88. The molecule has 1 aromatic carbocycles. The first-order chi connectivity index (χ1) is 9.90. The molecule has 0 aliphatic heterocycles. The first kappa shape index (κ1) is 18.1. The molecule has 0 saturated heterocycles. The van der Waals surface area contributed by atoms with E-state index in [1.54, 1.807) is 20.8 Å². The summed E-state index contributed by atoms with van der Waals surface area (Å²) in [7, 11) is -3.33. The van der Waals surface area contributed by atoms with Gasteiger partial charge in [0.15, 0.2) is 23.3 Å². The summed E-state index contributed by atoms with van der Waals surface area (Å²) in [5.41, 5.74) is -0.367. The highest BCUT2D eigenvalue weighted by Crippen LogP contribution is 2.24. The Balaban J connectivity index is 3.19. The van der Waals surface area contributed by atoms with Gasteiger partial charge in [0, 0.05) is 25.9 Å². The van der Waals surface area contributed by atoms with Gasteiger partial charge in [-0.3, -0.25) is 0 Å². The van der Waals surface area contributed by atoms with E-state index in [2.05, 4.69) is 0 Å². The SMILES string of the molecule is CCO[Si](Cc1cc(F)c(F)c(F)c1F)(OCC)OCC. The number of benzene rings is 1. The van der Waals surface area contributed by atoms with Crippen molar-refractivity contribution in [3.05, 3.63) is 34.9 Å². The fourth-order valence-electron chi connectivity index (χ4n) is 1.92. The lowest BCUT2D eigenvalue weighted by atomic mass is 10.2. The van der Waals surface area contributed by atoms with Crippen LogP contribution in [0.1, 0.15) is 26.3 Å². The third-order valence-corrected chi connectivity index (χ3v) is 5.68. The van der Waals surface area contributed by atoms with Crippen molar-refractivity contribution in [3.8, 4) is 0 Å². The molecule has 0 amide bonds. The summed E-state index contributed by atoms with van der Waals surface area (Å²) in [6, 6.07) is 0.328.